The molecule has 2 aromatic rings. The maximum atomic E-state index is 12.8. The van der Waals surface area contributed by atoms with Crippen LogP contribution in [0.25, 0.3) is 0 Å². The fourth-order valence-corrected chi connectivity index (χ4v) is 6.28. The van der Waals surface area contributed by atoms with Crippen molar-refractivity contribution in [2.45, 2.75) is 18.7 Å². The van der Waals surface area contributed by atoms with Gasteiger partial charge in [0.15, 0.2) is 0 Å². The van der Waals surface area contributed by atoms with Crippen LogP contribution in [-0.4, -0.2) is 41.6 Å². The summed E-state index contributed by atoms with van der Waals surface area (Å²) in [5.74, 6) is -2.12. The molecular weight excluding hydrogens is 432 g/mol. The van der Waals surface area contributed by atoms with Gasteiger partial charge in [-0.25, -0.2) is 25.9 Å². The summed E-state index contributed by atoms with van der Waals surface area (Å²) in [6.07, 6.45) is 0. The minimum absolute atomic E-state index is 0.0909. The van der Waals surface area contributed by atoms with Crippen molar-refractivity contribution in [1.29, 1.82) is 0 Å². The van der Waals surface area contributed by atoms with E-state index in [4.69, 9.17) is 0 Å². The van der Waals surface area contributed by atoms with Crippen molar-refractivity contribution < 1.29 is 31.2 Å². The number of nitrogens with one attached hydrogen (secondary N) is 1. The average Bonchev–Trinajstić information content (AvgIpc) is 2.87. The first-order valence-electron chi connectivity index (χ1n) is 8.85. The number of methoxy groups -OCH3 is 1. The number of ether oxygens (including phenoxy) is 1. The van der Waals surface area contributed by atoms with E-state index in [1.807, 2.05) is 0 Å². The van der Waals surface area contributed by atoms with E-state index in [1.165, 1.54) is 63.4 Å². The van der Waals surface area contributed by atoms with Crippen LogP contribution >= 0.6 is 0 Å². The normalized spacial score (nSPS) is 18.3. The van der Waals surface area contributed by atoms with Gasteiger partial charge >= 0.3 is 5.97 Å². The number of hydrogen-bond donors (Lipinski definition) is 1. The zero-order valence-electron chi connectivity index (χ0n) is 16.4. The highest BCUT2D eigenvalue weighted by Gasteiger charge is 2.42. The largest absolute Gasteiger partial charge is 0.465 e. The number of sulfonamides is 2. The van der Waals surface area contributed by atoms with E-state index in [9.17, 15) is 26.4 Å². The smallest absolute Gasteiger partial charge is 0.337 e. The molecule has 2 aromatic carbocycles. The average molecular weight is 453 g/mol. The molecule has 3 rings (SSSR count). The van der Waals surface area contributed by atoms with E-state index in [2.05, 4.69) is 9.46 Å². The minimum Gasteiger partial charge on any atom is -0.465 e. The van der Waals surface area contributed by atoms with Crippen LogP contribution in [0.15, 0.2) is 47.4 Å². The SMILES string of the molecule is COC(=O)c1cccc(NS(=O)(=O)c2ccc(N3C(=O)C(C)CS3(=O)=O)cc2C)c1. The summed E-state index contributed by atoms with van der Waals surface area (Å²) in [5.41, 5.74) is 0.685. The summed E-state index contributed by atoms with van der Waals surface area (Å²) in [7, 11) is -6.62. The molecule has 9 nitrogen and oxygen atoms in total. The molecule has 1 aliphatic rings. The van der Waals surface area contributed by atoms with Crippen LogP contribution in [0.4, 0.5) is 11.4 Å². The van der Waals surface area contributed by atoms with Gasteiger partial charge in [0.05, 0.1) is 34.9 Å². The number of rotatable bonds is 5. The molecule has 0 bridgehead atoms. The van der Waals surface area contributed by atoms with Crippen molar-refractivity contribution in [3.05, 3.63) is 53.6 Å². The van der Waals surface area contributed by atoms with Gasteiger partial charge in [-0.1, -0.05) is 13.0 Å². The summed E-state index contributed by atoms with van der Waals surface area (Å²) < 4.78 is 57.9. The Morgan fingerprint density at radius 2 is 1.90 bits per heavy atom. The molecule has 160 valence electrons. The second-order valence-electron chi connectivity index (χ2n) is 6.91. The van der Waals surface area contributed by atoms with Gasteiger partial charge in [-0.3, -0.25) is 9.52 Å². The third-order valence-corrected chi connectivity index (χ3v) is 7.99. The Morgan fingerprint density at radius 3 is 2.47 bits per heavy atom. The first-order chi connectivity index (χ1) is 14.0. The molecule has 1 N–H and O–H groups in total. The van der Waals surface area contributed by atoms with Gasteiger partial charge in [0.25, 0.3) is 10.0 Å². The fourth-order valence-electron chi connectivity index (χ4n) is 3.19. The third kappa shape index (κ3) is 4.03. The third-order valence-electron chi connectivity index (χ3n) is 4.58. The molecule has 1 atom stereocenters. The maximum Gasteiger partial charge on any atom is 0.337 e. The summed E-state index contributed by atoms with van der Waals surface area (Å²) in [6.45, 7) is 3.03. The van der Waals surface area contributed by atoms with Gasteiger partial charge in [-0.15, -0.1) is 0 Å². The van der Waals surface area contributed by atoms with Crippen LogP contribution in [0.1, 0.15) is 22.8 Å². The highest BCUT2D eigenvalue weighted by atomic mass is 32.2. The maximum absolute atomic E-state index is 12.8. The molecule has 1 heterocycles. The topological polar surface area (TPSA) is 127 Å². The van der Waals surface area contributed by atoms with Crippen molar-refractivity contribution in [3.8, 4) is 0 Å². The van der Waals surface area contributed by atoms with Crippen LogP contribution in [0.5, 0.6) is 0 Å². The standard InChI is InChI=1S/C19H20N2O7S2/c1-12-9-16(21-18(22)13(2)11-29(21,24)25)7-8-17(12)30(26,27)20-15-6-4-5-14(10-15)19(23)28-3/h4-10,13,20H,11H2,1-3H3. The van der Waals surface area contributed by atoms with Crippen molar-refractivity contribution in [2.24, 2.45) is 5.92 Å². The number of carbonyl (C=O) groups is 2. The Balaban J connectivity index is 1.93. The number of amides is 1. The molecule has 11 heteroatoms. The second kappa shape index (κ2) is 7.73. The molecule has 1 amide bonds. The molecule has 0 saturated carbocycles. The summed E-state index contributed by atoms with van der Waals surface area (Å²) in [4.78, 5) is 23.8. The lowest BCUT2D eigenvalue weighted by atomic mass is 10.2. The number of benzene rings is 2. The van der Waals surface area contributed by atoms with Gasteiger partial charge in [0.2, 0.25) is 15.9 Å². The Kier molecular flexibility index (Phi) is 5.61. The van der Waals surface area contributed by atoms with Gasteiger partial charge in [-0.2, -0.15) is 0 Å². The van der Waals surface area contributed by atoms with E-state index in [0.717, 1.165) is 0 Å². The van der Waals surface area contributed by atoms with Gasteiger partial charge in [0, 0.05) is 5.69 Å². The first-order valence-corrected chi connectivity index (χ1v) is 11.9. The number of hydrogen-bond acceptors (Lipinski definition) is 7. The molecule has 1 aliphatic heterocycles. The quantitative estimate of drug-likeness (QED) is 0.686. The van der Waals surface area contributed by atoms with E-state index < -0.39 is 37.8 Å². The Hall–Kier alpha value is -2.92. The van der Waals surface area contributed by atoms with Gasteiger partial charge < -0.3 is 4.74 Å². The lowest BCUT2D eigenvalue weighted by Gasteiger charge is -2.17. The highest BCUT2D eigenvalue weighted by Crippen LogP contribution is 2.31. The van der Waals surface area contributed by atoms with E-state index in [0.29, 0.717) is 4.31 Å². The minimum atomic E-state index is -4.04. The van der Waals surface area contributed by atoms with Crippen molar-refractivity contribution in [2.75, 3.05) is 21.9 Å². The summed E-state index contributed by atoms with van der Waals surface area (Å²) in [5, 5.41) is 0. The predicted octanol–water partition coefficient (Wildman–Crippen LogP) is 1.89. The number of aryl methyl sites for hydroxylation is 1. The first kappa shape index (κ1) is 21.8. The zero-order valence-corrected chi connectivity index (χ0v) is 18.1. The van der Waals surface area contributed by atoms with Crippen LogP contribution in [0, 0.1) is 12.8 Å². The molecule has 1 unspecified atom stereocenters. The van der Waals surface area contributed by atoms with Crippen molar-refractivity contribution in [3.63, 3.8) is 0 Å². The molecule has 0 radical (unpaired) electrons. The fraction of sp³-hybridized carbons (Fsp3) is 0.263. The Bertz CT molecular complexity index is 1240. The molecule has 1 fully saturated rings. The van der Waals surface area contributed by atoms with Crippen LogP contribution in [0.2, 0.25) is 0 Å². The lowest BCUT2D eigenvalue weighted by Crippen LogP contribution is -2.30. The summed E-state index contributed by atoms with van der Waals surface area (Å²) >= 11 is 0. The Morgan fingerprint density at radius 1 is 1.20 bits per heavy atom. The monoisotopic (exact) mass is 452 g/mol. The van der Waals surface area contributed by atoms with Crippen molar-refractivity contribution in [1.82, 2.24) is 0 Å². The molecule has 0 spiro atoms. The number of anilines is 2. The number of esters is 1. The summed E-state index contributed by atoms with van der Waals surface area (Å²) in [6, 6.07) is 9.66. The number of nitrogens with zero attached hydrogens (tertiary/aromatic N) is 1. The second-order valence-corrected chi connectivity index (χ2v) is 10.4. The zero-order chi connectivity index (χ0) is 22.3. The van der Waals surface area contributed by atoms with Gasteiger partial charge in [-0.05, 0) is 48.9 Å². The molecule has 0 aliphatic carbocycles. The molecule has 0 aromatic heterocycles. The number of carbonyl (C=O) groups excluding carboxylic acids is 2. The molecule has 1 saturated heterocycles. The van der Waals surface area contributed by atoms with Crippen LogP contribution in [0.3, 0.4) is 0 Å². The molecule has 30 heavy (non-hydrogen) atoms. The van der Waals surface area contributed by atoms with E-state index >= 15 is 0 Å². The molecular formula is C19H20N2O7S2. The Labute approximate surface area is 174 Å². The van der Waals surface area contributed by atoms with Crippen LogP contribution in [-0.2, 0) is 29.6 Å². The van der Waals surface area contributed by atoms with E-state index in [1.54, 1.807) is 0 Å². The van der Waals surface area contributed by atoms with E-state index in [-0.39, 0.29) is 33.2 Å². The van der Waals surface area contributed by atoms with Crippen molar-refractivity contribution >= 4 is 43.3 Å². The lowest BCUT2D eigenvalue weighted by molar-refractivity contribution is -0.119. The van der Waals surface area contributed by atoms with Crippen LogP contribution < -0.4 is 9.03 Å². The predicted molar refractivity (Wildman–Crippen MR) is 110 cm³/mol. The highest BCUT2D eigenvalue weighted by molar-refractivity contribution is 7.94. The van der Waals surface area contributed by atoms with Gasteiger partial charge in [0.1, 0.15) is 0 Å².